The Morgan fingerprint density at radius 3 is 2.12 bits per heavy atom. The third-order valence-corrected chi connectivity index (χ3v) is 6.10. The lowest BCUT2D eigenvalue weighted by Gasteiger charge is -2.29. The first kappa shape index (κ1) is 35.6. The van der Waals surface area contributed by atoms with Crippen molar-refractivity contribution < 1.29 is 28.6 Å². The summed E-state index contributed by atoms with van der Waals surface area (Å²) >= 11 is 0. The minimum absolute atomic E-state index is 0.0761. The molecule has 0 unspecified atom stereocenters. The SMILES string of the molecule is CCCCOC(OCCCC)[C@H](CCCNC(=N)N)NC(=O)CNC(=O)[C@H](NC(=O)OCc1ccccc1)C(C)C. The van der Waals surface area contributed by atoms with Crippen molar-refractivity contribution in [1.82, 2.24) is 21.3 Å². The number of ether oxygens (including phenoxy) is 3. The largest absolute Gasteiger partial charge is 0.445 e. The molecule has 0 fully saturated rings. The van der Waals surface area contributed by atoms with Gasteiger partial charge in [-0.25, -0.2) is 4.79 Å². The molecule has 0 aliphatic carbocycles. The number of benzene rings is 1. The van der Waals surface area contributed by atoms with Crippen molar-refractivity contribution in [3.05, 3.63) is 35.9 Å². The first-order chi connectivity index (χ1) is 19.7. The van der Waals surface area contributed by atoms with E-state index in [1.807, 2.05) is 30.3 Å². The normalized spacial score (nSPS) is 12.4. The monoisotopic (exact) mass is 578 g/mol. The molecule has 3 amide bonds. The van der Waals surface area contributed by atoms with Crippen molar-refractivity contribution in [3.63, 3.8) is 0 Å². The second kappa shape index (κ2) is 21.4. The van der Waals surface area contributed by atoms with Crippen LogP contribution in [-0.2, 0) is 30.4 Å². The highest BCUT2D eigenvalue weighted by atomic mass is 16.7. The molecular weight excluding hydrogens is 528 g/mol. The van der Waals surface area contributed by atoms with Gasteiger partial charge in [-0.05, 0) is 37.2 Å². The standard InChI is InChI=1S/C29H50N6O6/c1-5-7-17-39-27(40-18-8-6-2)23(15-12-16-32-28(30)31)34-24(36)19-33-26(37)25(21(3)4)35-29(38)41-20-22-13-10-9-11-14-22/h9-11,13-14,21,23,25,27H,5-8,12,15-20H2,1-4H3,(H,33,37)(H,34,36)(H,35,38)(H4,30,31,32)/t23-,25+/m0/s1. The van der Waals surface area contributed by atoms with Gasteiger partial charge in [-0.2, -0.15) is 0 Å². The topological polar surface area (TPSA) is 177 Å². The van der Waals surface area contributed by atoms with E-state index in [2.05, 4.69) is 35.1 Å². The van der Waals surface area contributed by atoms with Crippen LogP contribution in [0.2, 0.25) is 0 Å². The van der Waals surface area contributed by atoms with Crippen LogP contribution >= 0.6 is 0 Å². The number of carbonyl (C=O) groups is 3. The molecule has 2 atom stereocenters. The van der Waals surface area contributed by atoms with Crippen LogP contribution in [0.1, 0.15) is 71.8 Å². The highest BCUT2D eigenvalue weighted by molar-refractivity contribution is 5.89. The summed E-state index contributed by atoms with van der Waals surface area (Å²) in [4.78, 5) is 38.1. The highest BCUT2D eigenvalue weighted by Crippen LogP contribution is 2.11. The fraction of sp³-hybridized carbons (Fsp3) is 0.655. The summed E-state index contributed by atoms with van der Waals surface area (Å²) in [7, 11) is 0. The molecular formula is C29H50N6O6. The van der Waals surface area contributed by atoms with Crippen LogP contribution in [0.5, 0.6) is 0 Å². The molecule has 1 aromatic rings. The quantitative estimate of drug-likeness (QED) is 0.0558. The molecule has 0 saturated carbocycles. The second-order valence-corrected chi connectivity index (χ2v) is 10.1. The molecule has 1 aromatic carbocycles. The Labute approximate surface area is 244 Å². The summed E-state index contributed by atoms with van der Waals surface area (Å²) in [6.45, 7) is 8.93. The van der Waals surface area contributed by atoms with Crippen LogP contribution in [0.25, 0.3) is 0 Å². The predicted molar refractivity (Wildman–Crippen MR) is 158 cm³/mol. The van der Waals surface area contributed by atoms with E-state index in [9.17, 15) is 14.4 Å². The summed E-state index contributed by atoms with van der Waals surface area (Å²) in [6, 6.07) is 7.86. The van der Waals surface area contributed by atoms with Crippen LogP contribution in [0.15, 0.2) is 30.3 Å². The van der Waals surface area contributed by atoms with Crippen LogP contribution in [0.4, 0.5) is 4.79 Å². The van der Waals surface area contributed by atoms with Gasteiger partial charge in [0.15, 0.2) is 12.2 Å². The van der Waals surface area contributed by atoms with Gasteiger partial charge in [-0.1, -0.05) is 70.9 Å². The summed E-state index contributed by atoms with van der Waals surface area (Å²) in [5, 5.41) is 18.2. The van der Waals surface area contributed by atoms with Gasteiger partial charge >= 0.3 is 6.09 Å². The fourth-order valence-corrected chi connectivity index (χ4v) is 3.75. The molecule has 0 radical (unpaired) electrons. The lowest BCUT2D eigenvalue weighted by molar-refractivity contribution is -0.165. The Balaban J connectivity index is 2.74. The number of hydrogen-bond acceptors (Lipinski definition) is 7. The number of guanidine groups is 1. The molecule has 0 spiro atoms. The van der Waals surface area contributed by atoms with Crippen molar-refractivity contribution in [2.75, 3.05) is 26.3 Å². The van der Waals surface area contributed by atoms with Gasteiger partial charge in [0.25, 0.3) is 0 Å². The Morgan fingerprint density at radius 1 is 0.927 bits per heavy atom. The van der Waals surface area contributed by atoms with E-state index < -0.39 is 36.3 Å². The molecule has 0 aliphatic rings. The number of rotatable bonds is 21. The fourth-order valence-electron chi connectivity index (χ4n) is 3.75. The maximum atomic E-state index is 12.9. The molecule has 12 heteroatoms. The third kappa shape index (κ3) is 16.5. The summed E-state index contributed by atoms with van der Waals surface area (Å²) in [6.07, 6.45) is 3.35. The molecule has 0 heterocycles. The molecule has 1 rings (SSSR count). The Morgan fingerprint density at radius 2 is 1.56 bits per heavy atom. The molecule has 41 heavy (non-hydrogen) atoms. The number of amides is 3. The average molecular weight is 579 g/mol. The average Bonchev–Trinajstić information content (AvgIpc) is 2.94. The lowest BCUT2D eigenvalue weighted by atomic mass is 10.0. The molecule has 232 valence electrons. The van der Waals surface area contributed by atoms with E-state index in [1.165, 1.54) is 0 Å². The molecule has 12 nitrogen and oxygen atoms in total. The first-order valence-electron chi connectivity index (χ1n) is 14.5. The molecule has 0 aliphatic heterocycles. The Kier molecular flexibility index (Phi) is 18.6. The number of hydrogen-bond donors (Lipinski definition) is 6. The third-order valence-electron chi connectivity index (χ3n) is 6.10. The van der Waals surface area contributed by atoms with Crippen LogP contribution < -0.4 is 27.0 Å². The zero-order valence-corrected chi connectivity index (χ0v) is 25.0. The maximum Gasteiger partial charge on any atom is 0.408 e. The van der Waals surface area contributed by atoms with E-state index in [0.717, 1.165) is 31.2 Å². The van der Waals surface area contributed by atoms with Crippen molar-refractivity contribution in [2.24, 2.45) is 11.7 Å². The van der Waals surface area contributed by atoms with Crippen LogP contribution in [0.3, 0.4) is 0 Å². The van der Waals surface area contributed by atoms with Gasteiger partial charge < -0.3 is 41.2 Å². The van der Waals surface area contributed by atoms with E-state index >= 15 is 0 Å². The number of nitrogens with one attached hydrogen (secondary N) is 5. The van der Waals surface area contributed by atoms with E-state index in [4.69, 9.17) is 25.4 Å². The summed E-state index contributed by atoms with van der Waals surface area (Å²) in [5.41, 5.74) is 6.20. The summed E-state index contributed by atoms with van der Waals surface area (Å²) < 4.78 is 17.2. The van der Waals surface area contributed by atoms with E-state index in [1.54, 1.807) is 13.8 Å². The Hall–Kier alpha value is -3.38. The van der Waals surface area contributed by atoms with Crippen molar-refractivity contribution in [3.8, 4) is 0 Å². The van der Waals surface area contributed by atoms with E-state index in [-0.39, 0.29) is 25.0 Å². The van der Waals surface area contributed by atoms with Gasteiger partial charge in [0, 0.05) is 19.8 Å². The zero-order chi connectivity index (χ0) is 30.5. The number of nitrogens with two attached hydrogens (primary N) is 1. The molecule has 7 N–H and O–H groups in total. The number of unbranched alkanes of at least 4 members (excludes halogenated alkanes) is 2. The van der Waals surface area contributed by atoms with Gasteiger partial charge in [-0.15, -0.1) is 0 Å². The van der Waals surface area contributed by atoms with Gasteiger partial charge in [0.05, 0.1) is 12.6 Å². The van der Waals surface area contributed by atoms with Crippen molar-refractivity contribution >= 4 is 23.9 Å². The molecule has 0 saturated heterocycles. The van der Waals surface area contributed by atoms with Crippen LogP contribution in [0, 0.1) is 11.3 Å². The Bertz CT molecular complexity index is 891. The maximum absolute atomic E-state index is 12.9. The highest BCUT2D eigenvalue weighted by Gasteiger charge is 2.27. The minimum atomic E-state index is -0.887. The lowest BCUT2D eigenvalue weighted by Crippen LogP contribution is -2.53. The first-order valence-corrected chi connectivity index (χ1v) is 14.5. The minimum Gasteiger partial charge on any atom is -0.445 e. The summed E-state index contributed by atoms with van der Waals surface area (Å²) in [5.74, 6) is -1.28. The zero-order valence-electron chi connectivity index (χ0n) is 25.0. The van der Waals surface area contributed by atoms with Crippen LogP contribution in [-0.4, -0.2) is 68.5 Å². The molecule has 0 bridgehead atoms. The van der Waals surface area contributed by atoms with Crippen molar-refractivity contribution in [2.45, 2.75) is 91.2 Å². The van der Waals surface area contributed by atoms with E-state index in [0.29, 0.717) is 32.6 Å². The smallest absolute Gasteiger partial charge is 0.408 e. The van der Waals surface area contributed by atoms with Gasteiger partial charge in [0.2, 0.25) is 11.8 Å². The number of carbonyl (C=O) groups excluding carboxylic acids is 3. The second-order valence-electron chi connectivity index (χ2n) is 10.1. The van der Waals surface area contributed by atoms with Gasteiger partial charge in [0.1, 0.15) is 12.6 Å². The van der Waals surface area contributed by atoms with Gasteiger partial charge in [-0.3, -0.25) is 15.0 Å². The van der Waals surface area contributed by atoms with Crippen molar-refractivity contribution in [1.29, 1.82) is 5.41 Å². The molecule has 0 aromatic heterocycles. The predicted octanol–water partition coefficient (Wildman–Crippen LogP) is 2.76. The number of alkyl carbamates (subject to hydrolysis) is 1.